The highest BCUT2D eigenvalue weighted by molar-refractivity contribution is 7.92. The predicted octanol–water partition coefficient (Wildman–Crippen LogP) is 4.43. The minimum atomic E-state index is -3.70. The number of nitrogens with one attached hydrogen (secondary N) is 2. The van der Waals surface area contributed by atoms with Gasteiger partial charge in [-0.1, -0.05) is 45.0 Å². The summed E-state index contributed by atoms with van der Waals surface area (Å²) in [4.78, 5) is 12.8. The van der Waals surface area contributed by atoms with E-state index in [0.717, 1.165) is 6.42 Å². The van der Waals surface area contributed by atoms with E-state index in [-0.39, 0.29) is 21.8 Å². The molecule has 0 aliphatic heterocycles. The molecule has 0 spiro atoms. The van der Waals surface area contributed by atoms with Crippen LogP contribution in [0.25, 0.3) is 0 Å². The fourth-order valence-corrected chi connectivity index (χ4v) is 4.36. The number of carbonyl (C=O) groups is 1. The van der Waals surface area contributed by atoms with Crippen molar-refractivity contribution in [3.8, 4) is 0 Å². The van der Waals surface area contributed by atoms with E-state index in [1.165, 1.54) is 12.1 Å². The lowest BCUT2D eigenvalue weighted by Crippen LogP contribution is -2.45. The maximum atomic E-state index is 12.6. The molecule has 1 amide bonds. The first-order valence-electron chi connectivity index (χ1n) is 8.88. The lowest BCUT2D eigenvalue weighted by Gasteiger charge is -2.33. The molecule has 0 aliphatic carbocycles. The van der Waals surface area contributed by atoms with Crippen molar-refractivity contribution in [2.75, 3.05) is 4.72 Å². The molecule has 2 N–H and O–H groups in total. The molecule has 0 fully saturated rings. The monoisotopic (exact) mass is 388 g/mol. The van der Waals surface area contributed by atoms with Crippen molar-refractivity contribution in [1.29, 1.82) is 0 Å². The van der Waals surface area contributed by atoms with Crippen molar-refractivity contribution >= 4 is 21.6 Å². The number of anilines is 1. The Labute approximate surface area is 162 Å². The van der Waals surface area contributed by atoms with Crippen LogP contribution in [0.5, 0.6) is 0 Å². The Morgan fingerprint density at radius 1 is 0.926 bits per heavy atom. The van der Waals surface area contributed by atoms with Crippen molar-refractivity contribution < 1.29 is 13.2 Å². The molecule has 0 saturated carbocycles. The molecule has 2 aromatic carbocycles. The van der Waals surface area contributed by atoms with Gasteiger partial charge in [-0.25, -0.2) is 8.42 Å². The van der Waals surface area contributed by atoms with Gasteiger partial charge in [-0.2, -0.15) is 0 Å². The smallest absolute Gasteiger partial charge is 0.261 e. The van der Waals surface area contributed by atoms with Gasteiger partial charge in [-0.15, -0.1) is 0 Å². The Balaban J connectivity index is 2.16. The Kier molecular flexibility index (Phi) is 6.00. The van der Waals surface area contributed by atoms with E-state index in [9.17, 15) is 13.2 Å². The molecule has 0 aromatic heterocycles. The zero-order chi connectivity index (χ0) is 20.3. The Morgan fingerprint density at radius 3 is 2.15 bits per heavy atom. The van der Waals surface area contributed by atoms with E-state index in [0.29, 0.717) is 11.3 Å². The van der Waals surface area contributed by atoms with Gasteiger partial charge in [-0.05, 0) is 56.0 Å². The van der Waals surface area contributed by atoms with Gasteiger partial charge in [0, 0.05) is 16.8 Å². The van der Waals surface area contributed by atoms with Crippen LogP contribution in [0.15, 0.2) is 59.5 Å². The van der Waals surface area contributed by atoms with E-state index in [4.69, 9.17) is 0 Å². The fourth-order valence-electron chi connectivity index (χ4n) is 3.29. The average Bonchev–Trinajstić information content (AvgIpc) is 2.52. The molecule has 0 atom stereocenters. The van der Waals surface area contributed by atoms with Crippen LogP contribution in [-0.4, -0.2) is 19.9 Å². The van der Waals surface area contributed by atoms with Gasteiger partial charge >= 0.3 is 0 Å². The lowest BCUT2D eigenvalue weighted by atomic mass is 9.81. The summed E-state index contributed by atoms with van der Waals surface area (Å²) >= 11 is 0. The number of hydrogen-bond donors (Lipinski definition) is 2. The highest BCUT2D eigenvalue weighted by Crippen LogP contribution is 2.27. The molecule has 0 heterocycles. The topological polar surface area (TPSA) is 75.3 Å². The second-order valence-electron chi connectivity index (χ2n) is 8.57. The van der Waals surface area contributed by atoms with Crippen LogP contribution >= 0.6 is 0 Å². The molecule has 5 nitrogen and oxygen atoms in total. The van der Waals surface area contributed by atoms with Crippen LogP contribution in [0, 0.1) is 5.41 Å². The van der Waals surface area contributed by atoms with E-state index in [2.05, 4.69) is 30.8 Å². The van der Waals surface area contributed by atoms with Crippen molar-refractivity contribution in [3.63, 3.8) is 0 Å². The molecule has 0 bridgehead atoms. The maximum Gasteiger partial charge on any atom is 0.261 e. The molecule has 0 unspecified atom stereocenters. The minimum Gasteiger partial charge on any atom is -0.347 e. The summed E-state index contributed by atoms with van der Waals surface area (Å²) in [5.74, 6) is -0.231. The summed E-state index contributed by atoms with van der Waals surface area (Å²) < 4.78 is 27.4. The van der Waals surface area contributed by atoms with Crippen molar-refractivity contribution in [2.24, 2.45) is 5.41 Å². The van der Waals surface area contributed by atoms with Crippen LogP contribution in [-0.2, 0) is 10.0 Å². The summed E-state index contributed by atoms with van der Waals surface area (Å²) in [7, 11) is -3.70. The molecule has 146 valence electrons. The standard InChI is InChI=1S/C21H28N2O3S/c1-20(2,3)15-21(4,5)22-19(24)16-10-9-11-17(14-16)23-27(25,26)18-12-7-6-8-13-18/h6-14,23H,15H2,1-5H3,(H,22,24). The van der Waals surface area contributed by atoms with Gasteiger partial charge in [0.2, 0.25) is 0 Å². The zero-order valence-corrected chi connectivity index (χ0v) is 17.4. The minimum absolute atomic E-state index is 0.0734. The highest BCUT2D eigenvalue weighted by atomic mass is 32.2. The number of hydrogen-bond acceptors (Lipinski definition) is 3. The summed E-state index contributed by atoms with van der Waals surface area (Å²) in [6.45, 7) is 10.3. The third kappa shape index (κ3) is 6.40. The lowest BCUT2D eigenvalue weighted by molar-refractivity contribution is 0.0891. The number of benzene rings is 2. The SMILES string of the molecule is CC(C)(C)CC(C)(C)NC(=O)c1cccc(NS(=O)(=O)c2ccccc2)c1. The van der Waals surface area contributed by atoms with Crippen molar-refractivity contribution in [2.45, 2.75) is 51.5 Å². The number of carbonyl (C=O) groups excluding carboxylic acids is 1. The Hall–Kier alpha value is -2.34. The molecule has 0 saturated heterocycles. The Bertz CT molecular complexity index is 899. The van der Waals surface area contributed by atoms with Gasteiger partial charge in [0.1, 0.15) is 0 Å². The quantitative estimate of drug-likeness (QED) is 0.768. The van der Waals surface area contributed by atoms with Crippen LogP contribution in [0.1, 0.15) is 51.4 Å². The van der Waals surface area contributed by atoms with Crippen LogP contribution in [0.3, 0.4) is 0 Å². The van der Waals surface area contributed by atoms with Gasteiger partial charge in [-0.3, -0.25) is 9.52 Å². The maximum absolute atomic E-state index is 12.6. The van der Waals surface area contributed by atoms with Gasteiger partial charge in [0.15, 0.2) is 0 Å². The second-order valence-corrected chi connectivity index (χ2v) is 10.3. The van der Waals surface area contributed by atoms with E-state index >= 15 is 0 Å². The first-order valence-corrected chi connectivity index (χ1v) is 10.4. The van der Waals surface area contributed by atoms with Crippen LogP contribution in [0.2, 0.25) is 0 Å². The normalized spacial score (nSPS) is 12.5. The molecule has 0 radical (unpaired) electrons. The first kappa shape index (κ1) is 21.0. The number of amides is 1. The summed E-state index contributed by atoms with van der Waals surface area (Å²) in [6.07, 6.45) is 0.812. The van der Waals surface area contributed by atoms with E-state index < -0.39 is 10.0 Å². The summed E-state index contributed by atoms with van der Waals surface area (Å²) in [6, 6.07) is 14.6. The van der Waals surface area contributed by atoms with Crippen molar-refractivity contribution in [1.82, 2.24) is 5.32 Å². The summed E-state index contributed by atoms with van der Waals surface area (Å²) in [5.41, 5.74) is 0.448. The van der Waals surface area contributed by atoms with Gasteiger partial charge in [0.05, 0.1) is 4.90 Å². The molecule has 6 heteroatoms. The third-order valence-electron chi connectivity index (χ3n) is 3.85. The molecule has 2 aromatic rings. The summed E-state index contributed by atoms with van der Waals surface area (Å²) in [5, 5.41) is 3.03. The molecule has 27 heavy (non-hydrogen) atoms. The fraction of sp³-hybridized carbons (Fsp3) is 0.381. The van der Waals surface area contributed by atoms with E-state index in [1.54, 1.807) is 42.5 Å². The van der Waals surface area contributed by atoms with Crippen LogP contribution in [0.4, 0.5) is 5.69 Å². The molecular weight excluding hydrogens is 360 g/mol. The first-order chi connectivity index (χ1) is 12.4. The predicted molar refractivity (Wildman–Crippen MR) is 109 cm³/mol. The largest absolute Gasteiger partial charge is 0.347 e. The van der Waals surface area contributed by atoms with Gasteiger partial charge in [0.25, 0.3) is 15.9 Å². The van der Waals surface area contributed by atoms with E-state index in [1.807, 2.05) is 13.8 Å². The molecular formula is C21H28N2O3S. The third-order valence-corrected chi connectivity index (χ3v) is 5.25. The average molecular weight is 389 g/mol. The second kappa shape index (κ2) is 7.72. The number of sulfonamides is 1. The van der Waals surface area contributed by atoms with Gasteiger partial charge < -0.3 is 5.32 Å². The molecule has 2 rings (SSSR count). The number of rotatable bonds is 6. The van der Waals surface area contributed by atoms with Crippen LogP contribution < -0.4 is 10.0 Å². The zero-order valence-electron chi connectivity index (χ0n) is 16.5. The Morgan fingerprint density at radius 2 is 1.56 bits per heavy atom. The molecule has 0 aliphatic rings. The highest BCUT2D eigenvalue weighted by Gasteiger charge is 2.27. The van der Waals surface area contributed by atoms with Crippen molar-refractivity contribution in [3.05, 3.63) is 60.2 Å².